The van der Waals surface area contributed by atoms with E-state index < -0.39 is 14.2 Å². The molecular formula is C10H15AsO3. The summed E-state index contributed by atoms with van der Waals surface area (Å²) in [6, 6.07) is 9.11. The van der Waals surface area contributed by atoms with Crippen molar-refractivity contribution < 1.29 is 11.2 Å². The van der Waals surface area contributed by atoms with E-state index in [4.69, 9.17) is 7.45 Å². The van der Waals surface area contributed by atoms with E-state index >= 15 is 0 Å². The van der Waals surface area contributed by atoms with Crippen LogP contribution in [-0.2, 0) is 11.2 Å². The molecule has 0 fully saturated rings. The van der Waals surface area contributed by atoms with Crippen molar-refractivity contribution in [2.75, 3.05) is 13.2 Å². The third kappa shape index (κ3) is 2.74. The van der Waals surface area contributed by atoms with Gasteiger partial charge in [-0.15, -0.1) is 0 Å². The molecule has 0 bridgehead atoms. The molecule has 4 heteroatoms. The topological polar surface area (TPSA) is 35.5 Å². The summed E-state index contributed by atoms with van der Waals surface area (Å²) in [5, 5.41) is 0. The van der Waals surface area contributed by atoms with Gasteiger partial charge in [-0.2, -0.15) is 0 Å². The third-order valence-corrected chi connectivity index (χ3v) is 6.13. The second-order valence-electron chi connectivity index (χ2n) is 2.67. The molecule has 0 saturated carbocycles. The Balaban J connectivity index is 2.94. The van der Waals surface area contributed by atoms with Gasteiger partial charge in [0.25, 0.3) is 0 Å². The number of hydrogen-bond donors (Lipinski definition) is 0. The second kappa shape index (κ2) is 5.40. The van der Waals surface area contributed by atoms with E-state index in [1.165, 1.54) is 0 Å². The van der Waals surface area contributed by atoms with Gasteiger partial charge < -0.3 is 0 Å². The molecule has 78 valence electrons. The summed E-state index contributed by atoms with van der Waals surface area (Å²) in [5.41, 5.74) is 0. The predicted octanol–water partition coefficient (Wildman–Crippen LogP) is 1.34. The van der Waals surface area contributed by atoms with Crippen molar-refractivity contribution in [3.63, 3.8) is 0 Å². The first kappa shape index (κ1) is 11.6. The molecule has 3 nitrogen and oxygen atoms in total. The van der Waals surface area contributed by atoms with Crippen LogP contribution in [0.25, 0.3) is 0 Å². The quantitative estimate of drug-likeness (QED) is 0.747. The Labute approximate surface area is 87.4 Å². The second-order valence-corrected chi connectivity index (χ2v) is 6.92. The summed E-state index contributed by atoms with van der Waals surface area (Å²) in [7, 11) is 0. The normalized spacial score (nSPS) is 11.6. The minimum atomic E-state index is -3.74. The van der Waals surface area contributed by atoms with E-state index in [2.05, 4.69) is 0 Å². The zero-order valence-electron chi connectivity index (χ0n) is 8.47. The first-order valence-corrected chi connectivity index (χ1v) is 7.91. The molecule has 0 heterocycles. The Morgan fingerprint density at radius 2 is 1.57 bits per heavy atom. The van der Waals surface area contributed by atoms with Crippen molar-refractivity contribution >= 4 is 18.5 Å². The molecule has 1 rings (SSSR count). The summed E-state index contributed by atoms with van der Waals surface area (Å²) in [6.07, 6.45) is 0. The van der Waals surface area contributed by atoms with Gasteiger partial charge in [-0.3, -0.25) is 0 Å². The van der Waals surface area contributed by atoms with Crippen molar-refractivity contribution in [3.8, 4) is 0 Å². The number of rotatable bonds is 5. The van der Waals surface area contributed by atoms with Crippen LogP contribution in [-0.4, -0.2) is 27.4 Å². The van der Waals surface area contributed by atoms with Crippen LogP contribution in [0.3, 0.4) is 0 Å². The average molecular weight is 258 g/mol. The van der Waals surface area contributed by atoms with Crippen molar-refractivity contribution in [2.24, 2.45) is 0 Å². The van der Waals surface area contributed by atoms with Gasteiger partial charge in [0.1, 0.15) is 0 Å². The summed E-state index contributed by atoms with van der Waals surface area (Å²) < 4.78 is 23.4. The molecule has 0 atom stereocenters. The van der Waals surface area contributed by atoms with Crippen LogP contribution in [0.2, 0.25) is 0 Å². The van der Waals surface area contributed by atoms with Crippen molar-refractivity contribution in [2.45, 2.75) is 13.8 Å². The van der Waals surface area contributed by atoms with Gasteiger partial charge in [-0.05, 0) is 0 Å². The van der Waals surface area contributed by atoms with Gasteiger partial charge in [0.15, 0.2) is 0 Å². The molecule has 0 N–H and O–H groups in total. The fourth-order valence-electron chi connectivity index (χ4n) is 1.14. The maximum atomic E-state index is 12.2. The SMILES string of the molecule is CCO[As](=O)(OCC)c1ccccc1. The number of hydrogen-bond acceptors (Lipinski definition) is 3. The van der Waals surface area contributed by atoms with E-state index in [-0.39, 0.29) is 0 Å². The summed E-state index contributed by atoms with van der Waals surface area (Å²) in [6.45, 7) is 4.45. The van der Waals surface area contributed by atoms with E-state index in [0.29, 0.717) is 17.6 Å². The van der Waals surface area contributed by atoms with Gasteiger partial charge in [-0.1, -0.05) is 0 Å². The Morgan fingerprint density at radius 1 is 1.07 bits per heavy atom. The van der Waals surface area contributed by atoms with E-state index in [1.807, 2.05) is 32.0 Å². The van der Waals surface area contributed by atoms with E-state index in [1.54, 1.807) is 12.1 Å². The first-order chi connectivity index (χ1) is 6.73. The summed E-state index contributed by atoms with van der Waals surface area (Å²) in [4.78, 5) is 0. The Bertz CT molecular complexity index is 300. The molecule has 0 aliphatic rings. The molecule has 0 saturated heterocycles. The van der Waals surface area contributed by atoms with Crippen LogP contribution in [0.5, 0.6) is 0 Å². The monoisotopic (exact) mass is 258 g/mol. The zero-order chi connectivity index (χ0) is 10.4. The molecule has 0 amide bonds. The molecular weight excluding hydrogens is 243 g/mol. The van der Waals surface area contributed by atoms with Crippen LogP contribution in [0.15, 0.2) is 30.3 Å². The Kier molecular flexibility index (Phi) is 4.46. The summed E-state index contributed by atoms with van der Waals surface area (Å²) in [5.74, 6) is 0. The molecule has 0 radical (unpaired) electrons. The van der Waals surface area contributed by atoms with Gasteiger partial charge in [0, 0.05) is 0 Å². The van der Waals surface area contributed by atoms with Gasteiger partial charge in [-0.25, -0.2) is 0 Å². The van der Waals surface area contributed by atoms with Crippen LogP contribution in [0, 0.1) is 0 Å². The van der Waals surface area contributed by atoms with Crippen LogP contribution in [0.1, 0.15) is 13.8 Å². The Morgan fingerprint density at radius 3 is 2.00 bits per heavy atom. The van der Waals surface area contributed by atoms with E-state index in [9.17, 15) is 3.74 Å². The van der Waals surface area contributed by atoms with Crippen molar-refractivity contribution in [1.29, 1.82) is 0 Å². The van der Waals surface area contributed by atoms with Crippen LogP contribution in [0.4, 0.5) is 0 Å². The van der Waals surface area contributed by atoms with Crippen LogP contribution < -0.4 is 4.35 Å². The standard InChI is InChI=1S/C10H15AsO3/c1-3-13-11(12,14-4-2)10-8-6-5-7-9-10/h5-9H,3-4H2,1-2H3. The van der Waals surface area contributed by atoms with Crippen LogP contribution >= 0.6 is 0 Å². The third-order valence-electron chi connectivity index (χ3n) is 1.67. The fraction of sp³-hybridized carbons (Fsp3) is 0.400. The van der Waals surface area contributed by atoms with Gasteiger partial charge in [0.05, 0.1) is 0 Å². The fourth-order valence-corrected chi connectivity index (χ4v) is 4.47. The summed E-state index contributed by atoms with van der Waals surface area (Å²) >= 11 is -3.74. The van der Waals surface area contributed by atoms with Crippen molar-refractivity contribution in [1.82, 2.24) is 0 Å². The van der Waals surface area contributed by atoms with Gasteiger partial charge in [0.2, 0.25) is 0 Å². The first-order valence-electron chi connectivity index (χ1n) is 4.67. The molecule has 0 spiro atoms. The molecule has 14 heavy (non-hydrogen) atoms. The zero-order valence-corrected chi connectivity index (χ0v) is 10.3. The maximum absolute atomic E-state index is 12.2. The van der Waals surface area contributed by atoms with Gasteiger partial charge >= 0.3 is 87.1 Å². The molecule has 0 aliphatic carbocycles. The molecule has 1 aromatic rings. The Hall–Kier alpha value is -0.502. The minimum absolute atomic E-state index is 0.408. The molecule has 0 aromatic heterocycles. The van der Waals surface area contributed by atoms with Crippen molar-refractivity contribution in [3.05, 3.63) is 30.3 Å². The molecule has 1 aromatic carbocycles. The van der Waals surface area contributed by atoms with E-state index in [0.717, 1.165) is 0 Å². The average Bonchev–Trinajstić information content (AvgIpc) is 2.20. The molecule has 0 aliphatic heterocycles. The number of benzene rings is 1. The molecule has 0 unspecified atom stereocenters. The predicted molar refractivity (Wildman–Crippen MR) is 55.8 cm³/mol.